The van der Waals surface area contributed by atoms with Crippen LogP contribution in [0.15, 0.2) is 27.6 Å². The number of hydrogen-bond acceptors (Lipinski definition) is 2. The van der Waals surface area contributed by atoms with Gasteiger partial charge in [-0.1, -0.05) is 6.07 Å². The maximum Gasteiger partial charge on any atom is 0.244 e. The molecular formula is C15H20BrNO2S. The van der Waals surface area contributed by atoms with E-state index in [-0.39, 0.29) is 12.1 Å². The summed E-state index contributed by atoms with van der Waals surface area (Å²) in [5.41, 5.74) is 1.06. The second kappa shape index (κ2) is 5.11. The summed E-state index contributed by atoms with van der Waals surface area (Å²) in [6, 6.07) is 5.80. The molecule has 3 rings (SSSR count). The molecule has 0 amide bonds. The first kappa shape index (κ1) is 14.5. The van der Waals surface area contributed by atoms with E-state index in [0.717, 1.165) is 31.2 Å². The van der Waals surface area contributed by atoms with E-state index in [0.29, 0.717) is 15.3 Å². The maximum absolute atomic E-state index is 13.0. The summed E-state index contributed by atoms with van der Waals surface area (Å²) in [6.45, 7) is 4.03. The Balaban J connectivity index is 1.99. The fraction of sp³-hybridized carbons (Fsp3) is 0.600. The maximum atomic E-state index is 13.0. The van der Waals surface area contributed by atoms with Crippen molar-refractivity contribution in [2.24, 2.45) is 5.92 Å². The summed E-state index contributed by atoms with van der Waals surface area (Å²) in [6.07, 6.45) is 4.32. The molecule has 20 heavy (non-hydrogen) atoms. The summed E-state index contributed by atoms with van der Waals surface area (Å²) in [5, 5.41) is 0. The molecule has 1 atom stereocenters. The number of sulfonamides is 1. The molecule has 0 bridgehead atoms. The minimum atomic E-state index is -3.40. The van der Waals surface area contributed by atoms with Crippen LogP contribution in [0.3, 0.4) is 0 Å². The highest BCUT2D eigenvalue weighted by molar-refractivity contribution is 9.10. The Morgan fingerprint density at radius 1 is 1.25 bits per heavy atom. The number of benzene rings is 1. The molecule has 0 aliphatic heterocycles. The van der Waals surface area contributed by atoms with Crippen molar-refractivity contribution < 1.29 is 8.42 Å². The molecule has 0 heterocycles. The lowest BCUT2D eigenvalue weighted by Gasteiger charge is -2.29. The lowest BCUT2D eigenvalue weighted by molar-refractivity contribution is 0.301. The molecule has 0 unspecified atom stereocenters. The quantitative estimate of drug-likeness (QED) is 0.805. The van der Waals surface area contributed by atoms with Gasteiger partial charge in [0.15, 0.2) is 0 Å². The van der Waals surface area contributed by atoms with Gasteiger partial charge < -0.3 is 0 Å². The predicted molar refractivity (Wildman–Crippen MR) is 83.1 cm³/mol. The van der Waals surface area contributed by atoms with Gasteiger partial charge in [0.1, 0.15) is 0 Å². The molecule has 0 N–H and O–H groups in total. The van der Waals surface area contributed by atoms with Crippen LogP contribution in [0.2, 0.25) is 0 Å². The molecule has 2 aliphatic rings. The highest BCUT2D eigenvalue weighted by atomic mass is 79.9. The van der Waals surface area contributed by atoms with Crippen LogP contribution in [0.4, 0.5) is 0 Å². The largest absolute Gasteiger partial charge is 0.244 e. The molecule has 0 radical (unpaired) electrons. The van der Waals surface area contributed by atoms with Crippen molar-refractivity contribution in [1.29, 1.82) is 0 Å². The van der Waals surface area contributed by atoms with Crippen LogP contribution < -0.4 is 0 Å². The minimum absolute atomic E-state index is 0.126. The molecular weight excluding hydrogens is 338 g/mol. The third kappa shape index (κ3) is 2.68. The minimum Gasteiger partial charge on any atom is -0.207 e. The van der Waals surface area contributed by atoms with Crippen molar-refractivity contribution in [3.63, 3.8) is 0 Å². The zero-order chi connectivity index (χ0) is 14.5. The van der Waals surface area contributed by atoms with E-state index in [1.165, 1.54) is 0 Å². The van der Waals surface area contributed by atoms with E-state index in [9.17, 15) is 8.42 Å². The Labute approximate surface area is 129 Å². The number of aryl methyl sites for hydroxylation is 1. The van der Waals surface area contributed by atoms with Gasteiger partial charge in [0.05, 0.1) is 4.90 Å². The lowest BCUT2D eigenvalue weighted by atomic mass is 10.2. The average Bonchev–Trinajstić information content (AvgIpc) is 3.22. The smallest absolute Gasteiger partial charge is 0.207 e. The molecule has 3 nitrogen and oxygen atoms in total. The first-order chi connectivity index (χ1) is 9.41. The second-order valence-electron chi connectivity index (χ2n) is 6.08. The Morgan fingerprint density at radius 3 is 2.40 bits per heavy atom. The van der Waals surface area contributed by atoms with Crippen molar-refractivity contribution in [2.45, 2.75) is 56.5 Å². The van der Waals surface area contributed by atoms with Gasteiger partial charge >= 0.3 is 0 Å². The number of hydrogen-bond donors (Lipinski definition) is 0. The van der Waals surface area contributed by atoms with Crippen molar-refractivity contribution in [3.8, 4) is 0 Å². The first-order valence-corrected chi connectivity index (χ1v) is 9.44. The standard InChI is InChI=1S/C15H20BrNO2S/c1-10-3-8-15(14(16)9-10)20(18,19)17(13-6-7-13)11(2)12-4-5-12/h3,8-9,11-13H,4-7H2,1-2H3/t11-/m0/s1. The van der Waals surface area contributed by atoms with Crippen molar-refractivity contribution in [3.05, 3.63) is 28.2 Å². The van der Waals surface area contributed by atoms with Crippen LogP contribution in [0.1, 0.15) is 38.2 Å². The summed E-state index contributed by atoms with van der Waals surface area (Å²) in [4.78, 5) is 0.405. The van der Waals surface area contributed by atoms with Crippen LogP contribution in [-0.2, 0) is 10.0 Å². The van der Waals surface area contributed by atoms with Crippen LogP contribution in [0.5, 0.6) is 0 Å². The Hall–Kier alpha value is -0.390. The monoisotopic (exact) mass is 357 g/mol. The van der Waals surface area contributed by atoms with Gasteiger partial charge in [-0.2, -0.15) is 4.31 Å². The fourth-order valence-electron chi connectivity index (χ4n) is 2.79. The van der Waals surface area contributed by atoms with Gasteiger partial charge in [-0.25, -0.2) is 8.42 Å². The van der Waals surface area contributed by atoms with Crippen molar-refractivity contribution in [1.82, 2.24) is 4.31 Å². The number of rotatable bonds is 5. The number of halogens is 1. The van der Waals surface area contributed by atoms with E-state index in [2.05, 4.69) is 22.9 Å². The molecule has 1 aromatic rings. The van der Waals surface area contributed by atoms with Crippen LogP contribution in [-0.4, -0.2) is 24.8 Å². The van der Waals surface area contributed by atoms with Crippen LogP contribution in [0.25, 0.3) is 0 Å². The highest BCUT2D eigenvalue weighted by Crippen LogP contribution is 2.43. The SMILES string of the molecule is Cc1ccc(S(=O)(=O)N(C2CC2)[C@@H](C)C2CC2)c(Br)c1. The molecule has 2 fully saturated rings. The molecule has 0 aromatic heterocycles. The highest BCUT2D eigenvalue weighted by Gasteiger charge is 2.46. The van der Waals surface area contributed by atoms with Gasteiger partial charge in [0.25, 0.3) is 0 Å². The summed E-state index contributed by atoms with van der Waals surface area (Å²) < 4.78 is 28.5. The van der Waals surface area contributed by atoms with Crippen molar-refractivity contribution >= 4 is 26.0 Å². The zero-order valence-electron chi connectivity index (χ0n) is 11.8. The van der Waals surface area contributed by atoms with E-state index in [4.69, 9.17) is 0 Å². The number of nitrogens with zero attached hydrogens (tertiary/aromatic N) is 1. The summed E-state index contributed by atoms with van der Waals surface area (Å²) >= 11 is 3.42. The Kier molecular flexibility index (Phi) is 3.72. The summed E-state index contributed by atoms with van der Waals surface area (Å²) in [5.74, 6) is 0.551. The van der Waals surface area contributed by atoms with E-state index < -0.39 is 10.0 Å². The van der Waals surface area contributed by atoms with Gasteiger partial charge in [-0.15, -0.1) is 0 Å². The van der Waals surface area contributed by atoms with E-state index in [1.54, 1.807) is 10.4 Å². The Bertz CT molecular complexity index is 621. The molecule has 1 aromatic carbocycles. The molecule has 0 spiro atoms. The predicted octanol–water partition coefficient (Wildman–Crippen LogP) is 3.71. The van der Waals surface area contributed by atoms with Crippen LogP contribution in [0, 0.1) is 12.8 Å². The molecule has 2 aliphatic carbocycles. The van der Waals surface area contributed by atoms with Gasteiger partial charge in [-0.05, 0) is 79.1 Å². The Morgan fingerprint density at radius 2 is 1.90 bits per heavy atom. The van der Waals surface area contributed by atoms with Crippen LogP contribution >= 0.6 is 15.9 Å². The zero-order valence-corrected chi connectivity index (χ0v) is 14.2. The van der Waals surface area contributed by atoms with E-state index >= 15 is 0 Å². The fourth-order valence-corrected chi connectivity index (χ4v) is 5.88. The lowest BCUT2D eigenvalue weighted by Crippen LogP contribution is -2.41. The third-order valence-electron chi connectivity index (χ3n) is 4.26. The molecule has 2 saturated carbocycles. The molecule has 0 saturated heterocycles. The normalized spacial score (nSPS) is 21.2. The van der Waals surface area contributed by atoms with E-state index in [1.807, 2.05) is 19.1 Å². The second-order valence-corrected chi connectivity index (χ2v) is 8.74. The topological polar surface area (TPSA) is 37.4 Å². The molecule has 5 heteroatoms. The van der Waals surface area contributed by atoms with Gasteiger partial charge in [-0.3, -0.25) is 0 Å². The molecule has 110 valence electrons. The van der Waals surface area contributed by atoms with Crippen molar-refractivity contribution in [2.75, 3.05) is 0 Å². The summed E-state index contributed by atoms with van der Waals surface area (Å²) in [7, 11) is -3.40. The third-order valence-corrected chi connectivity index (χ3v) is 7.27. The first-order valence-electron chi connectivity index (χ1n) is 7.21. The van der Waals surface area contributed by atoms with Gasteiger partial charge in [0, 0.05) is 16.6 Å². The average molecular weight is 358 g/mol. The van der Waals surface area contributed by atoms with Gasteiger partial charge in [0.2, 0.25) is 10.0 Å².